The Morgan fingerprint density at radius 3 is 2.68 bits per heavy atom. The molecule has 1 aromatic heterocycles. The molecule has 0 aliphatic carbocycles. The lowest BCUT2D eigenvalue weighted by molar-refractivity contribution is -0.124. The molecule has 28 heavy (non-hydrogen) atoms. The molecule has 1 saturated heterocycles. The van der Waals surface area contributed by atoms with Gasteiger partial charge in [-0.1, -0.05) is 30.3 Å². The molecule has 1 fully saturated rings. The highest BCUT2D eigenvalue weighted by molar-refractivity contribution is 7.13. The number of rotatable bonds is 5. The van der Waals surface area contributed by atoms with E-state index in [4.69, 9.17) is 0 Å². The number of carbonyl (C=O) groups is 2. The molecule has 0 radical (unpaired) electrons. The molecule has 1 aliphatic rings. The number of nitrogens with one attached hydrogen (secondary N) is 2. The summed E-state index contributed by atoms with van der Waals surface area (Å²) in [6.07, 6.45) is 0.955. The molecule has 7 nitrogen and oxygen atoms in total. The lowest BCUT2D eigenvalue weighted by Crippen LogP contribution is -2.50. The minimum atomic E-state index is -0.463. The van der Waals surface area contributed by atoms with Crippen molar-refractivity contribution in [3.05, 3.63) is 47.0 Å². The molecule has 3 rings (SSSR count). The largest absolute Gasteiger partial charge is 0.347 e. The van der Waals surface area contributed by atoms with Gasteiger partial charge in [-0.25, -0.2) is 9.78 Å². The summed E-state index contributed by atoms with van der Waals surface area (Å²) in [6, 6.07) is 8.79. The number of imide groups is 1. The topological polar surface area (TPSA) is 77.6 Å². The predicted molar refractivity (Wildman–Crippen MR) is 112 cm³/mol. The lowest BCUT2D eigenvalue weighted by Gasteiger charge is -2.26. The average molecular weight is 402 g/mol. The Morgan fingerprint density at radius 2 is 1.96 bits per heavy atom. The number of carbonyl (C=O) groups excluding carboxylic acids is 2. The zero-order chi connectivity index (χ0) is 19.9. The molecule has 0 spiro atoms. The molecular weight excluding hydrogens is 374 g/mol. The molecule has 1 atom stereocenters. The van der Waals surface area contributed by atoms with Gasteiger partial charge >= 0.3 is 6.03 Å². The molecule has 8 heteroatoms. The van der Waals surface area contributed by atoms with E-state index < -0.39 is 6.03 Å². The van der Waals surface area contributed by atoms with E-state index in [1.165, 1.54) is 0 Å². The van der Waals surface area contributed by atoms with Crippen LogP contribution in [0.15, 0.2) is 35.7 Å². The summed E-state index contributed by atoms with van der Waals surface area (Å²) in [5.74, 6) is -0.274. The Hall–Kier alpha value is -2.45. The summed E-state index contributed by atoms with van der Waals surface area (Å²) < 4.78 is 0. The maximum atomic E-state index is 12.5. The Morgan fingerprint density at radius 1 is 1.18 bits per heavy atom. The van der Waals surface area contributed by atoms with Gasteiger partial charge in [-0.15, -0.1) is 11.3 Å². The Kier molecular flexibility index (Phi) is 7.00. The van der Waals surface area contributed by atoms with Crippen LogP contribution in [0.5, 0.6) is 0 Å². The minimum Gasteiger partial charge on any atom is -0.347 e. The smallest absolute Gasteiger partial charge is 0.321 e. The van der Waals surface area contributed by atoms with Gasteiger partial charge in [0.1, 0.15) is 0 Å². The van der Waals surface area contributed by atoms with Gasteiger partial charge in [0.05, 0.1) is 11.7 Å². The Bertz CT molecular complexity index is 795. The zero-order valence-corrected chi connectivity index (χ0v) is 17.2. The number of benzene rings is 1. The van der Waals surface area contributed by atoms with Gasteiger partial charge in [0.25, 0.3) is 0 Å². The SMILES string of the molecule is Cc1csc(N2CCCN(C(C)C(=O)NC(=O)NCc3ccccc3)CC2)n1. The average Bonchev–Trinajstić information content (AvgIpc) is 2.98. The number of hydrogen-bond acceptors (Lipinski definition) is 6. The van der Waals surface area contributed by atoms with Crippen LogP contribution >= 0.6 is 11.3 Å². The third kappa shape index (κ3) is 5.53. The van der Waals surface area contributed by atoms with E-state index in [-0.39, 0.29) is 11.9 Å². The van der Waals surface area contributed by atoms with E-state index in [0.29, 0.717) is 6.54 Å². The van der Waals surface area contributed by atoms with Crippen molar-refractivity contribution in [2.75, 3.05) is 31.1 Å². The first-order valence-corrected chi connectivity index (χ1v) is 10.4. The van der Waals surface area contributed by atoms with E-state index >= 15 is 0 Å². The number of amides is 3. The van der Waals surface area contributed by atoms with E-state index in [1.54, 1.807) is 11.3 Å². The fraction of sp³-hybridized carbons (Fsp3) is 0.450. The Balaban J connectivity index is 1.46. The van der Waals surface area contributed by atoms with Crippen molar-refractivity contribution in [1.82, 2.24) is 20.5 Å². The highest BCUT2D eigenvalue weighted by atomic mass is 32.1. The predicted octanol–water partition coefficient (Wildman–Crippen LogP) is 2.38. The van der Waals surface area contributed by atoms with Crippen molar-refractivity contribution >= 4 is 28.4 Å². The highest BCUT2D eigenvalue weighted by Gasteiger charge is 2.25. The van der Waals surface area contributed by atoms with Crippen molar-refractivity contribution < 1.29 is 9.59 Å². The molecule has 2 heterocycles. The van der Waals surface area contributed by atoms with Gasteiger partial charge in [-0.3, -0.25) is 15.0 Å². The molecule has 2 N–H and O–H groups in total. The number of urea groups is 1. The molecule has 150 valence electrons. The molecule has 0 bridgehead atoms. The fourth-order valence-electron chi connectivity index (χ4n) is 3.21. The van der Waals surface area contributed by atoms with Crippen molar-refractivity contribution in [3.63, 3.8) is 0 Å². The lowest BCUT2D eigenvalue weighted by atomic mass is 10.2. The maximum Gasteiger partial charge on any atom is 0.321 e. The molecular formula is C20H27N5O2S. The van der Waals surface area contributed by atoms with Gasteiger partial charge in [-0.05, 0) is 25.8 Å². The third-order valence-electron chi connectivity index (χ3n) is 4.87. The standard InChI is InChI=1S/C20H27N5O2S/c1-15-14-28-20(22-15)25-10-6-9-24(11-12-25)16(2)18(26)23-19(27)21-13-17-7-4-3-5-8-17/h3-5,7-8,14,16H,6,9-13H2,1-2H3,(H2,21,23,26,27). The van der Waals surface area contributed by atoms with Crippen LogP contribution in [0, 0.1) is 6.92 Å². The normalized spacial score (nSPS) is 16.3. The highest BCUT2D eigenvalue weighted by Crippen LogP contribution is 2.21. The molecule has 1 unspecified atom stereocenters. The second-order valence-electron chi connectivity index (χ2n) is 6.98. The van der Waals surface area contributed by atoms with Crippen LogP contribution in [0.1, 0.15) is 24.6 Å². The first-order valence-electron chi connectivity index (χ1n) is 9.56. The van der Waals surface area contributed by atoms with Crippen LogP contribution in [0.3, 0.4) is 0 Å². The monoisotopic (exact) mass is 401 g/mol. The summed E-state index contributed by atoms with van der Waals surface area (Å²) in [5, 5.41) is 8.28. The van der Waals surface area contributed by atoms with Gasteiger partial charge in [0.2, 0.25) is 5.91 Å². The van der Waals surface area contributed by atoms with Gasteiger partial charge in [0, 0.05) is 38.1 Å². The van der Waals surface area contributed by atoms with E-state index in [2.05, 4.69) is 30.8 Å². The van der Waals surface area contributed by atoms with Gasteiger partial charge in [0.15, 0.2) is 5.13 Å². The van der Waals surface area contributed by atoms with Gasteiger partial charge in [-0.2, -0.15) is 0 Å². The van der Waals surface area contributed by atoms with Crippen LogP contribution in [-0.2, 0) is 11.3 Å². The maximum absolute atomic E-state index is 12.5. The second kappa shape index (κ2) is 9.66. The van der Waals surface area contributed by atoms with Crippen LogP contribution in [0.4, 0.5) is 9.93 Å². The van der Waals surface area contributed by atoms with E-state index in [9.17, 15) is 9.59 Å². The van der Waals surface area contributed by atoms with E-state index in [0.717, 1.165) is 49.0 Å². The van der Waals surface area contributed by atoms with Gasteiger partial charge < -0.3 is 10.2 Å². The number of aryl methyl sites for hydroxylation is 1. The summed E-state index contributed by atoms with van der Waals surface area (Å²) in [5.41, 5.74) is 2.03. The first-order chi connectivity index (χ1) is 13.5. The van der Waals surface area contributed by atoms with Crippen LogP contribution in [0.25, 0.3) is 0 Å². The third-order valence-corrected chi connectivity index (χ3v) is 5.89. The second-order valence-corrected chi connectivity index (χ2v) is 7.82. The number of aromatic nitrogens is 1. The van der Waals surface area contributed by atoms with Crippen LogP contribution < -0.4 is 15.5 Å². The number of thiazole rings is 1. The van der Waals surface area contributed by atoms with Crippen LogP contribution in [0.2, 0.25) is 0 Å². The first kappa shape index (κ1) is 20.3. The molecule has 1 aromatic carbocycles. The number of anilines is 1. The van der Waals surface area contributed by atoms with E-state index in [1.807, 2.05) is 44.2 Å². The number of hydrogen-bond donors (Lipinski definition) is 2. The molecule has 3 amide bonds. The summed E-state index contributed by atoms with van der Waals surface area (Å²) >= 11 is 1.66. The summed E-state index contributed by atoms with van der Waals surface area (Å²) in [4.78, 5) is 33.5. The quantitative estimate of drug-likeness (QED) is 0.804. The van der Waals surface area contributed by atoms with Crippen molar-refractivity contribution in [3.8, 4) is 0 Å². The van der Waals surface area contributed by atoms with Crippen molar-refractivity contribution in [2.45, 2.75) is 32.9 Å². The molecule has 1 aliphatic heterocycles. The van der Waals surface area contributed by atoms with Crippen molar-refractivity contribution in [2.24, 2.45) is 0 Å². The summed E-state index contributed by atoms with van der Waals surface area (Å²) in [7, 11) is 0. The molecule has 0 saturated carbocycles. The zero-order valence-electron chi connectivity index (χ0n) is 16.4. The number of nitrogens with zero attached hydrogens (tertiary/aromatic N) is 3. The molecule has 2 aromatic rings. The van der Waals surface area contributed by atoms with Crippen molar-refractivity contribution in [1.29, 1.82) is 0 Å². The Labute approximate surface area is 169 Å². The summed E-state index contributed by atoms with van der Waals surface area (Å²) in [6.45, 7) is 7.57. The van der Waals surface area contributed by atoms with Crippen LogP contribution in [-0.4, -0.2) is 54.0 Å². The minimum absolute atomic E-state index is 0.274. The fourth-order valence-corrected chi connectivity index (χ4v) is 4.06.